The van der Waals surface area contributed by atoms with E-state index >= 15 is 0 Å². The van der Waals surface area contributed by atoms with E-state index in [9.17, 15) is 0 Å². The lowest BCUT2D eigenvalue weighted by molar-refractivity contribution is 0.133. The lowest BCUT2D eigenvalue weighted by Gasteiger charge is -2.43. The second-order valence-electron chi connectivity index (χ2n) is 5.96. The van der Waals surface area contributed by atoms with Crippen LogP contribution >= 0.6 is 11.3 Å². The van der Waals surface area contributed by atoms with Crippen molar-refractivity contribution in [3.05, 3.63) is 18.2 Å². The molecule has 0 unspecified atom stereocenters. The van der Waals surface area contributed by atoms with Gasteiger partial charge in [-0.2, -0.15) is 0 Å². The normalized spacial score (nSPS) is 23.3. The van der Waals surface area contributed by atoms with Gasteiger partial charge in [0.25, 0.3) is 0 Å². The number of piperazine rings is 1. The Morgan fingerprint density at radius 2 is 2.19 bits per heavy atom. The number of fused-ring (bicyclic) bond motifs is 2. The van der Waals surface area contributed by atoms with E-state index in [1.807, 2.05) is 6.07 Å². The largest absolute Gasteiger partial charge is 0.497 e. The van der Waals surface area contributed by atoms with Gasteiger partial charge in [0.1, 0.15) is 5.75 Å². The highest BCUT2D eigenvalue weighted by atomic mass is 32.1. The summed E-state index contributed by atoms with van der Waals surface area (Å²) in [5, 5.41) is 1.17. The molecule has 0 N–H and O–H groups in total. The van der Waals surface area contributed by atoms with E-state index in [1.54, 1.807) is 18.4 Å². The Morgan fingerprint density at radius 3 is 3.10 bits per heavy atom. The molecule has 1 atom stereocenters. The van der Waals surface area contributed by atoms with Gasteiger partial charge in [-0.15, -0.1) is 0 Å². The Hall–Kier alpha value is -1.33. The van der Waals surface area contributed by atoms with Crippen molar-refractivity contribution in [2.45, 2.75) is 25.3 Å². The number of hydrogen-bond acceptors (Lipinski definition) is 5. The molecule has 2 aromatic rings. The Morgan fingerprint density at radius 1 is 1.24 bits per heavy atom. The van der Waals surface area contributed by atoms with E-state index in [2.05, 4.69) is 21.9 Å². The highest BCUT2D eigenvalue weighted by Crippen LogP contribution is 2.33. The summed E-state index contributed by atoms with van der Waals surface area (Å²) in [5.41, 5.74) is 1.09. The second kappa shape index (κ2) is 5.46. The van der Waals surface area contributed by atoms with Crippen LogP contribution in [-0.2, 0) is 0 Å². The Balaban J connectivity index is 1.58. The third kappa shape index (κ3) is 2.49. The Kier molecular flexibility index (Phi) is 3.47. The van der Waals surface area contributed by atoms with E-state index in [4.69, 9.17) is 9.72 Å². The number of thiazole rings is 1. The van der Waals surface area contributed by atoms with Gasteiger partial charge in [-0.25, -0.2) is 4.98 Å². The Bertz CT molecular complexity index is 641. The van der Waals surface area contributed by atoms with Crippen molar-refractivity contribution >= 4 is 26.7 Å². The van der Waals surface area contributed by atoms with Gasteiger partial charge in [0, 0.05) is 25.7 Å². The molecule has 5 heteroatoms. The fourth-order valence-electron chi connectivity index (χ4n) is 3.48. The fourth-order valence-corrected chi connectivity index (χ4v) is 4.51. The van der Waals surface area contributed by atoms with Crippen molar-refractivity contribution in [1.82, 2.24) is 9.88 Å². The van der Waals surface area contributed by atoms with Crippen LogP contribution in [0.2, 0.25) is 0 Å². The van der Waals surface area contributed by atoms with Crippen LogP contribution in [0.5, 0.6) is 5.75 Å². The number of aromatic nitrogens is 1. The molecule has 4 rings (SSSR count). The third-order valence-corrected chi connectivity index (χ3v) is 5.77. The molecule has 1 aromatic heterocycles. The maximum atomic E-state index is 5.31. The summed E-state index contributed by atoms with van der Waals surface area (Å²) in [6.45, 7) is 4.71. The number of methoxy groups -OCH3 is 1. The minimum Gasteiger partial charge on any atom is -0.497 e. The van der Waals surface area contributed by atoms with Gasteiger partial charge in [-0.05, 0) is 37.6 Å². The SMILES string of the molecule is COc1ccc2nc(N3CCN4CCCC[C@@H]4C3)sc2c1. The molecular weight excluding hydrogens is 282 g/mol. The van der Waals surface area contributed by atoms with Crippen LogP contribution in [0.3, 0.4) is 0 Å². The molecule has 21 heavy (non-hydrogen) atoms. The number of hydrogen-bond donors (Lipinski definition) is 0. The average Bonchev–Trinajstić information content (AvgIpc) is 2.97. The minimum absolute atomic E-state index is 0.731. The highest BCUT2D eigenvalue weighted by Gasteiger charge is 2.30. The van der Waals surface area contributed by atoms with Crippen molar-refractivity contribution in [2.24, 2.45) is 0 Å². The first-order chi connectivity index (χ1) is 10.3. The van der Waals surface area contributed by atoms with Crippen molar-refractivity contribution in [3.63, 3.8) is 0 Å². The van der Waals surface area contributed by atoms with Gasteiger partial charge < -0.3 is 9.64 Å². The van der Waals surface area contributed by atoms with Crippen molar-refractivity contribution in [3.8, 4) is 5.75 Å². The number of nitrogens with zero attached hydrogens (tertiary/aromatic N) is 3. The second-order valence-corrected chi connectivity index (χ2v) is 6.97. The molecule has 0 amide bonds. The van der Waals surface area contributed by atoms with E-state index < -0.39 is 0 Å². The summed E-state index contributed by atoms with van der Waals surface area (Å²) >= 11 is 1.79. The van der Waals surface area contributed by atoms with Crippen LogP contribution in [0, 0.1) is 0 Å². The molecule has 2 fully saturated rings. The van der Waals surface area contributed by atoms with Crippen molar-refractivity contribution in [1.29, 1.82) is 0 Å². The van der Waals surface area contributed by atoms with Gasteiger partial charge >= 0.3 is 0 Å². The van der Waals surface area contributed by atoms with Crippen LogP contribution in [0.4, 0.5) is 5.13 Å². The molecule has 3 heterocycles. The summed E-state index contributed by atoms with van der Waals surface area (Å²) in [6, 6.07) is 6.87. The molecule has 0 radical (unpaired) electrons. The molecule has 2 aliphatic rings. The molecule has 0 aliphatic carbocycles. The van der Waals surface area contributed by atoms with Crippen molar-refractivity contribution in [2.75, 3.05) is 38.2 Å². The maximum absolute atomic E-state index is 5.31. The first-order valence-electron chi connectivity index (χ1n) is 7.77. The quantitative estimate of drug-likeness (QED) is 0.853. The van der Waals surface area contributed by atoms with Gasteiger partial charge in [-0.3, -0.25) is 4.90 Å². The summed E-state index contributed by atoms with van der Waals surface area (Å²) in [6.07, 6.45) is 4.10. The van der Waals surface area contributed by atoms with Crippen LogP contribution in [0.25, 0.3) is 10.2 Å². The summed E-state index contributed by atoms with van der Waals surface area (Å²) in [5.74, 6) is 0.912. The number of ether oxygens (including phenoxy) is 1. The lowest BCUT2D eigenvalue weighted by atomic mass is 10.00. The molecule has 2 saturated heterocycles. The number of rotatable bonds is 2. The van der Waals surface area contributed by atoms with Crippen molar-refractivity contribution < 1.29 is 4.74 Å². The predicted molar refractivity (Wildman–Crippen MR) is 87.6 cm³/mol. The van der Waals surface area contributed by atoms with Gasteiger partial charge in [0.2, 0.25) is 0 Å². The molecule has 0 saturated carbocycles. The Labute approximate surface area is 129 Å². The fraction of sp³-hybridized carbons (Fsp3) is 0.562. The monoisotopic (exact) mass is 303 g/mol. The van der Waals surface area contributed by atoms with E-state index in [1.165, 1.54) is 42.2 Å². The first kappa shape index (κ1) is 13.3. The van der Waals surface area contributed by atoms with Gasteiger partial charge in [-0.1, -0.05) is 17.8 Å². The van der Waals surface area contributed by atoms with E-state index in [0.29, 0.717) is 0 Å². The summed E-state index contributed by atoms with van der Waals surface area (Å²) in [7, 11) is 1.71. The molecule has 4 nitrogen and oxygen atoms in total. The van der Waals surface area contributed by atoms with Gasteiger partial charge in [0.05, 0.1) is 17.3 Å². The summed E-state index contributed by atoms with van der Waals surface area (Å²) in [4.78, 5) is 9.96. The molecule has 0 spiro atoms. The number of benzene rings is 1. The van der Waals surface area contributed by atoms with Gasteiger partial charge in [0.15, 0.2) is 5.13 Å². The van der Waals surface area contributed by atoms with Crippen LogP contribution in [0.1, 0.15) is 19.3 Å². The molecule has 0 bridgehead atoms. The lowest BCUT2D eigenvalue weighted by Crippen LogP contribution is -2.54. The molecule has 1 aromatic carbocycles. The smallest absolute Gasteiger partial charge is 0.186 e. The van der Waals surface area contributed by atoms with E-state index in [0.717, 1.165) is 30.4 Å². The van der Waals surface area contributed by atoms with E-state index in [-0.39, 0.29) is 0 Å². The maximum Gasteiger partial charge on any atom is 0.186 e. The molecule has 112 valence electrons. The standard InChI is InChI=1S/C16H21N3OS/c1-20-13-5-6-14-15(10-13)21-16(17-14)19-9-8-18-7-3-2-4-12(18)11-19/h5-6,10,12H,2-4,7-9,11H2,1H3/t12-/m1/s1. The molecule has 2 aliphatic heterocycles. The average molecular weight is 303 g/mol. The highest BCUT2D eigenvalue weighted by molar-refractivity contribution is 7.22. The molecular formula is C16H21N3OS. The topological polar surface area (TPSA) is 28.6 Å². The van der Waals surface area contributed by atoms with Crippen LogP contribution in [-0.4, -0.2) is 49.2 Å². The van der Waals surface area contributed by atoms with Crippen LogP contribution in [0.15, 0.2) is 18.2 Å². The predicted octanol–water partition coefficient (Wildman–Crippen LogP) is 2.98. The minimum atomic E-state index is 0.731. The first-order valence-corrected chi connectivity index (χ1v) is 8.59. The zero-order chi connectivity index (χ0) is 14.2. The van der Waals surface area contributed by atoms with Crippen LogP contribution < -0.4 is 9.64 Å². The number of piperidine rings is 1. The zero-order valence-electron chi connectivity index (χ0n) is 12.4. The summed E-state index contributed by atoms with van der Waals surface area (Å²) < 4.78 is 6.52. The zero-order valence-corrected chi connectivity index (χ0v) is 13.2. The third-order valence-electron chi connectivity index (χ3n) is 4.69. The number of anilines is 1.